The van der Waals surface area contributed by atoms with Crippen molar-refractivity contribution in [1.82, 2.24) is 10.6 Å². The Labute approximate surface area is 217 Å². The number of ether oxygens (including phenoxy) is 3. The highest BCUT2D eigenvalue weighted by Gasteiger charge is 2.21. The van der Waals surface area contributed by atoms with Crippen LogP contribution in [-0.4, -0.2) is 71.0 Å². The summed E-state index contributed by atoms with van der Waals surface area (Å²) in [7, 11) is 0. The molecule has 0 saturated heterocycles. The zero-order chi connectivity index (χ0) is 26.1. The van der Waals surface area contributed by atoms with Gasteiger partial charge in [0.2, 0.25) is 18.2 Å². The molecule has 2 aromatic rings. The Kier molecular flexibility index (Phi) is 12.1. The molecule has 0 aromatic heterocycles. The van der Waals surface area contributed by atoms with Crippen molar-refractivity contribution >= 4 is 23.9 Å². The van der Waals surface area contributed by atoms with Crippen LogP contribution in [0.15, 0.2) is 48.5 Å². The summed E-state index contributed by atoms with van der Waals surface area (Å²) in [6.07, 6.45) is 0.819. The maximum atomic E-state index is 13.2. The molecule has 0 unspecified atom stereocenters. The molecule has 9 heteroatoms. The molecule has 0 radical (unpaired) electrons. The van der Waals surface area contributed by atoms with Crippen molar-refractivity contribution in [3.63, 3.8) is 0 Å². The molecular formula is C28H33N3O6. The lowest BCUT2D eigenvalue weighted by Gasteiger charge is -2.26. The van der Waals surface area contributed by atoms with Gasteiger partial charge < -0.3 is 29.7 Å². The smallest absolute Gasteiger partial charge is 0.227 e. The highest BCUT2D eigenvalue weighted by Crippen LogP contribution is 2.26. The van der Waals surface area contributed by atoms with E-state index in [9.17, 15) is 14.4 Å². The molecule has 9 nitrogen and oxygen atoms in total. The van der Waals surface area contributed by atoms with Crippen LogP contribution in [0, 0.1) is 11.8 Å². The second-order valence-corrected chi connectivity index (χ2v) is 8.16. The van der Waals surface area contributed by atoms with Crippen LogP contribution in [0.5, 0.6) is 0 Å². The van der Waals surface area contributed by atoms with Gasteiger partial charge in [-0.25, -0.2) is 0 Å². The zero-order valence-corrected chi connectivity index (χ0v) is 20.9. The minimum Gasteiger partial charge on any atom is -0.377 e. The maximum absolute atomic E-state index is 13.2. The predicted octanol–water partition coefficient (Wildman–Crippen LogP) is 1.63. The van der Waals surface area contributed by atoms with E-state index in [-0.39, 0.29) is 24.7 Å². The fourth-order valence-electron chi connectivity index (χ4n) is 3.65. The normalized spacial score (nSPS) is 11.7. The number of benzene rings is 2. The number of nitrogens with one attached hydrogen (secondary N) is 2. The number of para-hydroxylation sites is 1. The molecule has 0 bridgehead atoms. The van der Waals surface area contributed by atoms with Gasteiger partial charge in [0, 0.05) is 37.1 Å². The Bertz CT molecular complexity index is 1090. The second-order valence-electron chi connectivity index (χ2n) is 8.16. The van der Waals surface area contributed by atoms with Crippen molar-refractivity contribution in [1.29, 1.82) is 0 Å². The maximum Gasteiger partial charge on any atom is 0.227 e. The topological polar surface area (TPSA) is 106 Å². The number of hydrogen-bond acceptors (Lipinski definition) is 6. The number of fused-ring (bicyclic) bond motifs is 2. The van der Waals surface area contributed by atoms with E-state index in [2.05, 4.69) is 22.5 Å². The first kappa shape index (κ1) is 27.9. The second kappa shape index (κ2) is 16.1. The number of amides is 3. The van der Waals surface area contributed by atoms with E-state index in [1.54, 1.807) is 4.90 Å². The summed E-state index contributed by atoms with van der Waals surface area (Å²) in [5.74, 6) is 6.05. The quantitative estimate of drug-likeness (QED) is 0.203. The molecule has 0 saturated carbocycles. The molecule has 2 N–H and O–H groups in total. The minimum atomic E-state index is -0.199. The van der Waals surface area contributed by atoms with Crippen LogP contribution < -0.4 is 15.5 Å². The van der Waals surface area contributed by atoms with Gasteiger partial charge in [-0.05, 0) is 23.8 Å². The van der Waals surface area contributed by atoms with Gasteiger partial charge in [-0.1, -0.05) is 42.2 Å². The molecule has 0 atom stereocenters. The fraction of sp³-hybridized carbons (Fsp3) is 0.393. The van der Waals surface area contributed by atoms with Gasteiger partial charge in [0.25, 0.3) is 0 Å². The first-order valence-electron chi connectivity index (χ1n) is 12.4. The van der Waals surface area contributed by atoms with Crippen molar-refractivity contribution in [2.24, 2.45) is 0 Å². The average Bonchev–Trinajstić information content (AvgIpc) is 2.91. The Hall–Kier alpha value is -3.71. The van der Waals surface area contributed by atoms with Crippen LogP contribution in [0.4, 0.5) is 5.69 Å². The first-order valence-corrected chi connectivity index (χ1v) is 12.4. The lowest BCUT2D eigenvalue weighted by Crippen LogP contribution is -2.34. The van der Waals surface area contributed by atoms with Crippen LogP contribution in [-0.2, 0) is 35.1 Å². The number of carbonyl (C=O) groups excluding carboxylic acids is 3. The molecule has 37 heavy (non-hydrogen) atoms. The summed E-state index contributed by atoms with van der Waals surface area (Å²) >= 11 is 0. The molecule has 0 fully saturated rings. The number of anilines is 1. The van der Waals surface area contributed by atoms with Crippen LogP contribution in [0.3, 0.4) is 0 Å². The summed E-state index contributed by atoms with van der Waals surface area (Å²) in [4.78, 5) is 37.2. The monoisotopic (exact) mass is 507 g/mol. The molecule has 3 amide bonds. The molecule has 0 spiro atoms. The van der Waals surface area contributed by atoms with Crippen LogP contribution in [0.1, 0.15) is 29.5 Å². The Morgan fingerprint density at radius 3 is 2.19 bits per heavy atom. The van der Waals surface area contributed by atoms with E-state index in [1.807, 2.05) is 48.5 Å². The van der Waals surface area contributed by atoms with Gasteiger partial charge in [0.05, 0.1) is 51.9 Å². The van der Waals surface area contributed by atoms with Gasteiger partial charge in [-0.2, -0.15) is 0 Å². The molecule has 0 aliphatic carbocycles. The van der Waals surface area contributed by atoms with Gasteiger partial charge in [-0.3, -0.25) is 14.4 Å². The van der Waals surface area contributed by atoms with Gasteiger partial charge in [-0.15, -0.1) is 0 Å². The summed E-state index contributed by atoms with van der Waals surface area (Å²) < 4.78 is 16.1. The lowest BCUT2D eigenvalue weighted by molar-refractivity contribution is -0.125. The predicted molar refractivity (Wildman–Crippen MR) is 139 cm³/mol. The fourth-order valence-corrected chi connectivity index (χ4v) is 3.65. The SMILES string of the molecule is O=CNCCOCCOCCOCCNC(=O)CCC(=O)N1Cc2ccccc2C#Cc2ccccc21. The number of carbonyl (C=O) groups is 3. The summed E-state index contributed by atoms with van der Waals surface area (Å²) in [6.45, 7) is 3.74. The third-order valence-corrected chi connectivity index (χ3v) is 5.53. The van der Waals surface area contributed by atoms with E-state index >= 15 is 0 Å². The van der Waals surface area contributed by atoms with Crippen molar-refractivity contribution in [3.8, 4) is 11.8 Å². The summed E-state index contributed by atoms with van der Waals surface area (Å²) in [6, 6.07) is 15.4. The average molecular weight is 508 g/mol. The molecule has 196 valence electrons. The zero-order valence-electron chi connectivity index (χ0n) is 20.9. The Morgan fingerprint density at radius 2 is 1.43 bits per heavy atom. The molecular weight excluding hydrogens is 474 g/mol. The first-order chi connectivity index (χ1) is 18.2. The van der Waals surface area contributed by atoms with Gasteiger partial charge in [0.15, 0.2) is 0 Å². The standard InChI is InChI=1S/C28H33N3O6/c32-22-29-13-15-35-17-19-37-20-18-36-16-14-30-27(33)11-12-28(34)31-21-25-7-2-1-5-23(25)9-10-24-6-3-4-8-26(24)31/h1-8,22H,11-21H2,(H,29,32)(H,30,33). The summed E-state index contributed by atoms with van der Waals surface area (Å²) in [5, 5.41) is 5.29. The molecule has 3 rings (SSSR count). The summed E-state index contributed by atoms with van der Waals surface area (Å²) in [5.41, 5.74) is 3.42. The van der Waals surface area contributed by atoms with Crippen LogP contribution in [0.2, 0.25) is 0 Å². The largest absolute Gasteiger partial charge is 0.377 e. The van der Waals surface area contributed by atoms with Gasteiger partial charge >= 0.3 is 0 Å². The van der Waals surface area contributed by atoms with Crippen molar-refractivity contribution < 1.29 is 28.6 Å². The van der Waals surface area contributed by atoms with Crippen molar-refractivity contribution in [3.05, 3.63) is 65.2 Å². The van der Waals surface area contributed by atoms with Crippen molar-refractivity contribution in [2.45, 2.75) is 19.4 Å². The number of rotatable bonds is 16. The van der Waals surface area contributed by atoms with E-state index in [0.717, 1.165) is 22.4 Å². The number of nitrogens with zero attached hydrogens (tertiary/aromatic N) is 1. The highest BCUT2D eigenvalue weighted by atomic mass is 16.5. The van der Waals surface area contributed by atoms with Crippen LogP contribution >= 0.6 is 0 Å². The van der Waals surface area contributed by atoms with E-state index in [4.69, 9.17) is 14.2 Å². The third-order valence-electron chi connectivity index (χ3n) is 5.53. The molecule has 1 heterocycles. The van der Waals surface area contributed by atoms with E-state index in [1.165, 1.54) is 0 Å². The molecule has 2 aromatic carbocycles. The van der Waals surface area contributed by atoms with E-state index < -0.39 is 0 Å². The van der Waals surface area contributed by atoms with Crippen molar-refractivity contribution in [2.75, 3.05) is 57.6 Å². The lowest BCUT2D eigenvalue weighted by atomic mass is 10.0. The Balaban J connectivity index is 1.33. The Morgan fingerprint density at radius 1 is 0.811 bits per heavy atom. The van der Waals surface area contributed by atoms with Crippen LogP contribution in [0.25, 0.3) is 0 Å². The molecule has 1 aliphatic rings. The molecule has 1 aliphatic heterocycles. The number of hydrogen-bond donors (Lipinski definition) is 2. The highest BCUT2D eigenvalue weighted by molar-refractivity contribution is 5.96. The third kappa shape index (κ3) is 9.69. The van der Waals surface area contributed by atoms with Gasteiger partial charge in [0.1, 0.15) is 0 Å². The minimum absolute atomic E-state index is 0.0936. The van der Waals surface area contributed by atoms with E-state index in [0.29, 0.717) is 65.7 Å².